The van der Waals surface area contributed by atoms with Crippen LogP contribution < -0.4 is 0 Å². The van der Waals surface area contributed by atoms with Crippen molar-refractivity contribution in [1.82, 2.24) is 0 Å². The Bertz CT molecular complexity index is 94.2. The Labute approximate surface area is 65.0 Å². The van der Waals surface area contributed by atoms with Crippen molar-refractivity contribution in [2.75, 3.05) is 0 Å². The molecule has 0 heteroatoms. The zero-order chi connectivity index (χ0) is 7.56. The summed E-state index contributed by atoms with van der Waals surface area (Å²) in [5.41, 5.74) is 0. The first-order valence-corrected chi connectivity index (χ1v) is 4.72. The van der Waals surface area contributed by atoms with Gasteiger partial charge in [0.2, 0.25) is 0 Å². The van der Waals surface area contributed by atoms with Crippen molar-refractivity contribution >= 4 is 0 Å². The summed E-state index contributed by atoms with van der Waals surface area (Å²) in [7, 11) is 0. The van der Waals surface area contributed by atoms with Crippen molar-refractivity contribution in [2.45, 2.75) is 46.5 Å². The highest BCUT2D eigenvalue weighted by molar-refractivity contribution is 4.74. The highest BCUT2D eigenvalue weighted by atomic mass is 14.3. The van der Waals surface area contributed by atoms with Gasteiger partial charge in [-0.05, 0) is 24.2 Å². The Balaban J connectivity index is 2.40. The minimum absolute atomic E-state index is 0.912. The fraction of sp³-hybridized carbons (Fsp3) is 1.00. The average Bonchev–Trinajstić information content (AvgIpc) is 1.88. The molecule has 1 unspecified atom stereocenters. The molecule has 0 aromatic carbocycles. The van der Waals surface area contributed by atoms with Gasteiger partial charge in [-0.25, -0.2) is 0 Å². The van der Waals surface area contributed by atoms with Crippen LogP contribution in [0.5, 0.6) is 0 Å². The first-order valence-electron chi connectivity index (χ1n) is 4.72. The third-order valence-corrected chi connectivity index (χ3v) is 3.03. The molecular weight excluding hydrogens is 120 g/mol. The normalized spacial score (nSPS) is 34.8. The lowest BCUT2D eigenvalue weighted by Crippen LogP contribution is -2.21. The van der Waals surface area contributed by atoms with E-state index >= 15 is 0 Å². The van der Waals surface area contributed by atoms with Crippen molar-refractivity contribution in [3.8, 4) is 0 Å². The van der Waals surface area contributed by atoms with Crippen LogP contribution in [0, 0.1) is 17.8 Å². The van der Waals surface area contributed by atoms with Crippen molar-refractivity contribution in [2.24, 2.45) is 17.8 Å². The molecule has 0 N–H and O–H groups in total. The molecule has 0 amide bonds. The maximum absolute atomic E-state index is 2.42. The van der Waals surface area contributed by atoms with Gasteiger partial charge in [-0.3, -0.25) is 0 Å². The smallest absolute Gasteiger partial charge is 0.0365 e. The van der Waals surface area contributed by atoms with Crippen LogP contribution in [-0.2, 0) is 0 Å². The first-order chi connectivity index (χ1) is 4.72. The van der Waals surface area contributed by atoms with Crippen LogP contribution in [0.3, 0.4) is 0 Å². The third-order valence-electron chi connectivity index (χ3n) is 3.03. The summed E-state index contributed by atoms with van der Waals surface area (Å²) in [5, 5.41) is 0. The molecule has 10 heavy (non-hydrogen) atoms. The number of hydrogen-bond donors (Lipinski definition) is 0. The Morgan fingerprint density at radius 1 is 1.10 bits per heavy atom. The second-order valence-corrected chi connectivity index (χ2v) is 4.17. The Morgan fingerprint density at radius 2 is 1.70 bits per heavy atom. The van der Waals surface area contributed by atoms with E-state index in [1.165, 1.54) is 25.7 Å². The Morgan fingerprint density at radius 3 is 2.10 bits per heavy atom. The monoisotopic (exact) mass is 140 g/mol. The van der Waals surface area contributed by atoms with Gasteiger partial charge in [0.25, 0.3) is 0 Å². The van der Waals surface area contributed by atoms with Gasteiger partial charge in [-0.1, -0.05) is 40.0 Å². The molecule has 0 aromatic rings. The second-order valence-electron chi connectivity index (χ2n) is 4.17. The zero-order valence-electron chi connectivity index (χ0n) is 7.56. The molecule has 0 spiro atoms. The molecule has 0 bridgehead atoms. The van der Waals surface area contributed by atoms with Crippen LogP contribution in [0.15, 0.2) is 0 Å². The van der Waals surface area contributed by atoms with E-state index in [1.54, 1.807) is 0 Å². The van der Waals surface area contributed by atoms with Crippen LogP contribution >= 0.6 is 0 Å². The summed E-state index contributed by atoms with van der Waals surface area (Å²) in [4.78, 5) is 0. The van der Waals surface area contributed by atoms with Gasteiger partial charge in [-0.2, -0.15) is 0 Å². The van der Waals surface area contributed by atoms with Crippen LogP contribution in [0.1, 0.15) is 46.5 Å². The summed E-state index contributed by atoms with van der Waals surface area (Å²) < 4.78 is 0. The lowest BCUT2D eigenvalue weighted by Gasteiger charge is -2.31. The molecule has 0 radical (unpaired) electrons. The summed E-state index contributed by atoms with van der Waals surface area (Å²) >= 11 is 0. The summed E-state index contributed by atoms with van der Waals surface area (Å²) in [6.45, 7) is 7.16. The Kier molecular flexibility index (Phi) is 2.76. The zero-order valence-corrected chi connectivity index (χ0v) is 7.56. The lowest BCUT2D eigenvalue weighted by atomic mass is 9.75. The van der Waals surface area contributed by atoms with Crippen LogP contribution in [0.4, 0.5) is 0 Å². The minimum Gasteiger partial charge on any atom is -0.0625 e. The predicted molar refractivity (Wildman–Crippen MR) is 46.0 cm³/mol. The van der Waals surface area contributed by atoms with Gasteiger partial charge in [0, 0.05) is 0 Å². The molecular formula is C10H20. The molecule has 0 aliphatic heterocycles. The molecule has 60 valence electrons. The molecule has 1 rings (SSSR count). The van der Waals surface area contributed by atoms with Gasteiger partial charge in [0.05, 0.1) is 0 Å². The molecule has 0 heterocycles. The fourth-order valence-corrected chi connectivity index (χ4v) is 2.34. The number of hydrogen-bond acceptors (Lipinski definition) is 0. The quantitative estimate of drug-likeness (QED) is 0.523. The van der Waals surface area contributed by atoms with Gasteiger partial charge >= 0.3 is 0 Å². The van der Waals surface area contributed by atoms with Gasteiger partial charge in [-0.15, -0.1) is 0 Å². The number of rotatable bonds is 1. The van der Waals surface area contributed by atoms with Gasteiger partial charge in [0.15, 0.2) is 0 Å². The minimum atomic E-state index is 0.912. The lowest BCUT2D eigenvalue weighted by molar-refractivity contribution is 0.196. The topological polar surface area (TPSA) is 0 Å². The third kappa shape index (κ3) is 1.74. The maximum Gasteiger partial charge on any atom is -0.0365 e. The molecule has 1 aliphatic carbocycles. The van der Waals surface area contributed by atoms with Gasteiger partial charge in [0.1, 0.15) is 0 Å². The summed E-state index contributed by atoms with van der Waals surface area (Å²) in [5.74, 6) is 2.93. The van der Waals surface area contributed by atoms with Crippen molar-refractivity contribution in [3.63, 3.8) is 0 Å². The van der Waals surface area contributed by atoms with E-state index in [1.807, 2.05) is 0 Å². The van der Waals surface area contributed by atoms with E-state index in [2.05, 4.69) is 20.8 Å². The van der Waals surface area contributed by atoms with Crippen molar-refractivity contribution in [1.29, 1.82) is 0 Å². The molecule has 1 saturated carbocycles. The summed E-state index contributed by atoms with van der Waals surface area (Å²) in [6.07, 6.45) is 5.92. The first kappa shape index (κ1) is 8.10. The highest BCUT2D eigenvalue weighted by Gasteiger charge is 2.23. The standard InChI is InChI=1S/C10H20/c1-8(2)10-7-5-4-6-9(10)3/h8-10H,4-7H2,1-3H3/t9?,10-/m0/s1. The largest absolute Gasteiger partial charge is 0.0625 e. The molecule has 1 fully saturated rings. The van der Waals surface area contributed by atoms with E-state index in [0.717, 1.165) is 17.8 Å². The van der Waals surface area contributed by atoms with Crippen LogP contribution in [-0.4, -0.2) is 0 Å². The van der Waals surface area contributed by atoms with Crippen LogP contribution in [0.2, 0.25) is 0 Å². The maximum atomic E-state index is 2.42. The second kappa shape index (κ2) is 3.41. The molecule has 0 saturated heterocycles. The average molecular weight is 140 g/mol. The van der Waals surface area contributed by atoms with E-state index in [9.17, 15) is 0 Å². The van der Waals surface area contributed by atoms with E-state index in [0.29, 0.717) is 0 Å². The van der Waals surface area contributed by atoms with Gasteiger partial charge < -0.3 is 0 Å². The van der Waals surface area contributed by atoms with Crippen molar-refractivity contribution in [3.05, 3.63) is 0 Å². The highest BCUT2D eigenvalue weighted by Crippen LogP contribution is 2.34. The van der Waals surface area contributed by atoms with E-state index < -0.39 is 0 Å². The summed E-state index contributed by atoms with van der Waals surface area (Å²) in [6, 6.07) is 0. The molecule has 0 nitrogen and oxygen atoms in total. The molecule has 1 aliphatic rings. The Hall–Kier alpha value is 0. The van der Waals surface area contributed by atoms with Crippen molar-refractivity contribution < 1.29 is 0 Å². The predicted octanol–water partition coefficient (Wildman–Crippen LogP) is 3.47. The fourth-order valence-electron chi connectivity index (χ4n) is 2.34. The SMILES string of the molecule is CC(C)[C@@H]1CCCCC1C. The molecule has 2 atom stereocenters. The molecule has 0 aromatic heterocycles. The van der Waals surface area contributed by atoms with E-state index in [-0.39, 0.29) is 0 Å². The van der Waals surface area contributed by atoms with E-state index in [4.69, 9.17) is 0 Å². The van der Waals surface area contributed by atoms with Crippen LogP contribution in [0.25, 0.3) is 0 Å².